The van der Waals surface area contributed by atoms with E-state index in [1.807, 2.05) is 13.8 Å². The van der Waals surface area contributed by atoms with Crippen molar-refractivity contribution in [1.82, 2.24) is 0 Å². The second-order valence-electron chi connectivity index (χ2n) is 4.42. The molecule has 2 rings (SSSR count). The molecular weight excluding hydrogens is 244 g/mol. The number of phenolic OH excluding ortho intramolecular Hbond substituents is 4. The van der Waals surface area contributed by atoms with Crippen LogP contribution in [0.2, 0.25) is 0 Å². The highest BCUT2D eigenvalue weighted by Crippen LogP contribution is 2.28. The van der Waals surface area contributed by atoms with Crippen molar-refractivity contribution in [2.75, 3.05) is 0 Å². The molecule has 4 N–H and O–H groups in total. The first-order valence-corrected chi connectivity index (χ1v) is 5.90. The van der Waals surface area contributed by atoms with Gasteiger partial charge in [-0.1, -0.05) is 26.0 Å². The summed E-state index contributed by atoms with van der Waals surface area (Å²) < 4.78 is 0. The molecule has 0 aliphatic carbocycles. The summed E-state index contributed by atoms with van der Waals surface area (Å²) in [6.07, 6.45) is 0. The number of aromatic hydroxyl groups is 4. The molecule has 0 amide bonds. The summed E-state index contributed by atoms with van der Waals surface area (Å²) in [5.41, 5.74) is 0.864. The van der Waals surface area contributed by atoms with Crippen LogP contribution in [0.5, 0.6) is 23.0 Å². The fourth-order valence-corrected chi connectivity index (χ4v) is 1.51. The van der Waals surface area contributed by atoms with Crippen molar-refractivity contribution in [1.29, 1.82) is 0 Å². The summed E-state index contributed by atoms with van der Waals surface area (Å²) >= 11 is 0. The second kappa shape index (κ2) is 6.54. The van der Waals surface area contributed by atoms with E-state index in [1.54, 1.807) is 18.2 Å². The van der Waals surface area contributed by atoms with Gasteiger partial charge in [-0.3, -0.25) is 0 Å². The van der Waals surface area contributed by atoms with Gasteiger partial charge in [0.2, 0.25) is 0 Å². The first-order chi connectivity index (χ1) is 8.90. The molecule has 0 aliphatic rings. The molecular formula is C15H18O4. The van der Waals surface area contributed by atoms with Crippen LogP contribution in [0, 0.1) is 0 Å². The van der Waals surface area contributed by atoms with Crippen LogP contribution < -0.4 is 0 Å². The molecule has 0 atom stereocenters. The van der Waals surface area contributed by atoms with Gasteiger partial charge in [0.25, 0.3) is 0 Å². The molecule has 4 heteroatoms. The minimum Gasteiger partial charge on any atom is -0.508 e. The van der Waals surface area contributed by atoms with Crippen molar-refractivity contribution in [2.45, 2.75) is 19.8 Å². The van der Waals surface area contributed by atoms with Crippen molar-refractivity contribution in [3.8, 4) is 23.0 Å². The Labute approximate surface area is 112 Å². The Morgan fingerprint density at radius 1 is 0.737 bits per heavy atom. The fourth-order valence-electron chi connectivity index (χ4n) is 1.51. The lowest BCUT2D eigenvalue weighted by molar-refractivity contribution is 0.443. The van der Waals surface area contributed by atoms with Gasteiger partial charge in [-0.15, -0.1) is 0 Å². The molecule has 0 heterocycles. The van der Waals surface area contributed by atoms with E-state index in [2.05, 4.69) is 0 Å². The SMILES string of the molecule is CC(C)c1ccc(O)cc1O.Oc1cccc(O)c1. The van der Waals surface area contributed by atoms with Gasteiger partial charge in [-0.05, 0) is 29.7 Å². The van der Waals surface area contributed by atoms with Crippen molar-refractivity contribution in [3.63, 3.8) is 0 Å². The Bertz CT molecular complexity index is 518. The van der Waals surface area contributed by atoms with Gasteiger partial charge in [-0.25, -0.2) is 0 Å². The molecule has 0 saturated carbocycles. The predicted octanol–water partition coefficient (Wildman–Crippen LogP) is 3.32. The van der Waals surface area contributed by atoms with E-state index >= 15 is 0 Å². The van der Waals surface area contributed by atoms with E-state index in [4.69, 9.17) is 15.3 Å². The van der Waals surface area contributed by atoms with Crippen LogP contribution in [0.15, 0.2) is 42.5 Å². The largest absolute Gasteiger partial charge is 0.508 e. The molecule has 19 heavy (non-hydrogen) atoms. The molecule has 0 aromatic heterocycles. The molecule has 0 unspecified atom stereocenters. The van der Waals surface area contributed by atoms with E-state index in [1.165, 1.54) is 24.3 Å². The zero-order chi connectivity index (χ0) is 14.4. The standard InChI is InChI=1S/C9H12O2.C6H6O2/c1-6(2)8-4-3-7(10)5-9(8)11;7-5-2-1-3-6(8)4-5/h3-6,10-11H,1-2H3;1-4,7-8H. The Morgan fingerprint density at radius 2 is 1.26 bits per heavy atom. The number of phenols is 4. The maximum atomic E-state index is 9.30. The summed E-state index contributed by atoms with van der Waals surface area (Å²) in [7, 11) is 0. The zero-order valence-corrected chi connectivity index (χ0v) is 10.9. The minimum absolute atomic E-state index is 0.0880. The van der Waals surface area contributed by atoms with E-state index in [-0.39, 0.29) is 28.9 Å². The molecule has 0 saturated heterocycles. The Hall–Kier alpha value is -2.36. The average Bonchev–Trinajstić information content (AvgIpc) is 2.28. The molecule has 102 valence electrons. The van der Waals surface area contributed by atoms with Crippen molar-refractivity contribution < 1.29 is 20.4 Å². The van der Waals surface area contributed by atoms with E-state index in [0.717, 1.165) is 5.56 Å². The van der Waals surface area contributed by atoms with Crippen LogP contribution in [0.1, 0.15) is 25.3 Å². The van der Waals surface area contributed by atoms with Gasteiger partial charge >= 0.3 is 0 Å². The maximum absolute atomic E-state index is 9.30. The van der Waals surface area contributed by atoms with Gasteiger partial charge in [0.1, 0.15) is 23.0 Å². The summed E-state index contributed by atoms with van der Waals surface area (Å²) in [4.78, 5) is 0. The van der Waals surface area contributed by atoms with Crippen LogP contribution >= 0.6 is 0 Å². The minimum atomic E-state index is 0.0880. The highest BCUT2D eigenvalue weighted by atomic mass is 16.3. The summed E-state index contributed by atoms with van der Waals surface area (Å²) in [5.74, 6) is 0.734. The molecule has 0 radical (unpaired) electrons. The number of hydrogen-bond acceptors (Lipinski definition) is 4. The fraction of sp³-hybridized carbons (Fsp3) is 0.200. The van der Waals surface area contributed by atoms with E-state index in [0.29, 0.717) is 0 Å². The van der Waals surface area contributed by atoms with Crippen molar-refractivity contribution in [2.24, 2.45) is 0 Å². The van der Waals surface area contributed by atoms with Crippen LogP contribution in [0.3, 0.4) is 0 Å². The lowest BCUT2D eigenvalue weighted by Gasteiger charge is -2.07. The van der Waals surface area contributed by atoms with Crippen molar-refractivity contribution >= 4 is 0 Å². The Kier molecular flexibility index (Phi) is 5.06. The summed E-state index contributed by atoms with van der Waals surface area (Å²) in [5, 5.41) is 35.6. The first-order valence-electron chi connectivity index (χ1n) is 5.90. The number of rotatable bonds is 1. The number of hydrogen-bond donors (Lipinski definition) is 4. The van der Waals surface area contributed by atoms with Gasteiger partial charge in [0.15, 0.2) is 0 Å². The maximum Gasteiger partial charge on any atom is 0.122 e. The Balaban J connectivity index is 0.000000200. The van der Waals surface area contributed by atoms with Gasteiger partial charge < -0.3 is 20.4 Å². The van der Waals surface area contributed by atoms with Crippen LogP contribution in [-0.2, 0) is 0 Å². The lowest BCUT2D eigenvalue weighted by atomic mass is 10.0. The summed E-state index contributed by atoms with van der Waals surface area (Å²) in [6.45, 7) is 3.98. The monoisotopic (exact) mass is 262 g/mol. The van der Waals surface area contributed by atoms with E-state index in [9.17, 15) is 5.11 Å². The molecule has 2 aromatic rings. The third-order valence-electron chi connectivity index (χ3n) is 2.47. The lowest BCUT2D eigenvalue weighted by Crippen LogP contribution is -1.86. The smallest absolute Gasteiger partial charge is 0.122 e. The molecule has 0 aliphatic heterocycles. The van der Waals surface area contributed by atoms with Gasteiger partial charge in [0, 0.05) is 12.1 Å². The zero-order valence-electron chi connectivity index (χ0n) is 10.9. The molecule has 4 nitrogen and oxygen atoms in total. The van der Waals surface area contributed by atoms with Crippen LogP contribution in [0.4, 0.5) is 0 Å². The third-order valence-corrected chi connectivity index (χ3v) is 2.47. The quantitative estimate of drug-likeness (QED) is 0.635. The van der Waals surface area contributed by atoms with Gasteiger partial charge in [0.05, 0.1) is 0 Å². The first kappa shape index (κ1) is 14.7. The highest BCUT2D eigenvalue weighted by molar-refractivity contribution is 5.40. The molecule has 2 aromatic carbocycles. The molecule has 0 fully saturated rings. The highest BCUT2D eigenvalue weighted by Gasteiger charge is 2.04. The van der Waals surface area contributed by atoms with Gasteiger partial charge in [-0.2, -0.15) is 0 Å². The topological polar surface area (TPSA) is 80.9 Å². The number of benzene rings is 2. The van der Waals surface area contributed by atoms with Crippen molar-refractivity contribution in [3.05, 3.63) is 48.0 Å². The average molecular weight is 262 g/mol. The Morgan fingerprint density at radius 3 is 1.63 bits per heavy atom. The van der Waals surface area contributed by atoms with Crippen LogP contribution in [0.25, 0.3) is 0 Å². The molecule has 0 bridgehead atoms. The molecule has 0 spiro atoms. The normalized spacial score (nSPS) is 9.84. The van der Waals surface area contributed by atoms with Crippen LogP contribution in [-0.4, -0.2) is 20.4 Å². The predicted molar refractivity (Wildman–Crippen MR) is 73.6 cm³/mol. The second-order valence-corrected chi connectivity index (χ2v) is 4.42. The summed E-state index contributed by atoms with van der Waals surface area (Å²) in [6, 6.07) is 10.5. The van der Waals surface area contributed by atoms with E-state index < -0.39 is 0 Å². The third kappa shape index (κ3) is 4.79.